The lowest BCUT2D eigenvalue weighted by atomic mass is 9.78. The summed E-state index contributed by atoms with van der Waals surface area (Å²) in [4.78, 5) is 0. The highest BCUT2D eigenvalue weighted by Crippen LogP contribution is 2.36. The number of hydrogen-bond donors (Lipinski definition) is 0. The first kappa shape index (κ1) is 19.3. The minimum absolute atomic E-state index is 0.162. The van der Waals surface area contributed by atoms with Gasteiger partial charge in [-0.05, 0) is 73.8 Å². The Kier molecular flexibility index (Phi) is 4.29. The number of rotatable bonds is 2. The summed E-state index contributed by atoms with van der Waals surface area (Å²) in [5, 5.41) is 1.19. The van der Waals surface area contributed by atoms with Crippen molar-refractivity contribution < 1.29 is 9.31 Å². The van der Waals surface area contributed by atoms with Crippen LogP contribution >= 0.6 is 0 Å². The van der Waals surface area contributed by atoms with Crippen molar-refractivity contribution in [2.75, 3.05) is 0 Å². The van der Waals surface area contributed by atoms with E-state index in [-0.39, 0.29) is 23.7 Å². The van der Waals surface area contributed by atoms with Crippen LogP contribution in [0.15, 0.2) is 54.7 Å². The first-order valence-electron chi connectivity index (χ1n) is 10.1. The third-order valence-electron chi connectivity index (χ3n) is 6.25. The van der Waals surface area contributed by atoms with Gasteiger partial charge in [-0.3, -0.25) is 0 Å². The molecule has 0 aliphatic carbocycles. The molecule has 0 amide bonds. The molecule has 2 heterocycles. The topological polar surface area (TPSA) is 23.4 Å². The molecule has 2 aromatic carbocycles. The molecule has 0 spiro atoms. The summed E-state index contributed by atoms with van der Waals surface area (Å²) in [6.45, 7) is 15.1. The molecule has 1 aromatic heterocycles. The van der Waals surface area contributed by atoms with Gasteiger partial charge in [0, 0.05) is 11.9 Å². The summed E-state index contributed by atoms with van der Waals surface area (Å²) in [7, 11) is -0.330. The van der Waals surface area contributed by atoms with Crippen LogP contribution in [0.5, 0.6) is 0 Å². The Hall–Kier alpha value is -2.04. The summed E-state index contributed by atoms with van der Waals surface area (Å²) < 4.78 is 14.6. The van der Waals surface area contributed by atoms with E-state index >= 15 is 0 Å². The highest BCUT2D eigenvalue weighted by molar-refractivity contribution is 6.62. The molecule has 28 heavy (non-hydrogen) atoms. The van der Waals surface area contributed by atoms with E-state index in [1.807, 2.05) is 0 Å². The second-order valence-corrected chi connectivity index (χ2v) is 9.89. The van der Waals surface area contributed by atoms with Gasteiger partial charge in [0.2, 0.25) is 0 Å². The minimum atomic E-state index is -0.330. The number of nitrogens with zero attached hydrogens (tertiary/aromatic N) is 1. The van der Waals surface area contributed by atoms with Gasteiger partial charge in [0.25, 0.3) is 0 Å². The number of benzene rings is 2. The lowest BCUT2D eigenvalue weighted by Gasteiger charge is -2.32. The van der Waals surface area contributed by atoms with Gasteiger partial charge >= 0.3 is 7.12 Å². The summed E-state index contributed by atoms with van der Waals surface area (Å²) in [5.74, 6) is 0. The molecule has 4 heteroatoms. The second-order valence-electron chi connectivity index (χ2n) is 9.89. The molecule has 1 fully saturated rings. The third-order valence-corrected chi connectivity index (χ3v) is 6.25. The predicted molar refractivity (Wildman–Crippen MR) is 118 cm³/mol. The molecule has 0 atom stereocenters. The van der Waals surface area contributed by atoms with E-state index in [0.717, 1.165) is 5.46 Å². The normalized spacial score (nSPS) is 18.8. The first-order valence-corrected chi connectivity index (χ1v) is 10.1. The zero-order chi connectivity index (χ0) is 20.3. The number of aromatic nitrogens is 1. The van der Waals surface area contributed by atoms with Crippen LogP contribution in [0.3, 0.4) is 0 Å². The second kappa shape index (κ2) is 6.23. The molecule has 1 aliphatic rings. The summed E-state index contributed by atoms with van der Waals surface area (Å²) >= 11 is 0. The van der Waals surface area contributed by atoms with E-state index < -0.39 is 0 Å². The van der Waals surface area contributed by atoms with Gasteiger partial charge in [-0.25, -0.2) is 0 Å². The molecule has 146 valence electrons. The molecule has 0 unspecified atom stereocenters. The van der Waals surface area contributed by atoms with Gasteiger partial charge in [-0.15, -0.1) is 0 Å². The van der Waals surface area contributed by atoms with Crippen LogP contribution in [0.4, 0.5) is 0 Å². The minimum Gasteiger partial charge on any atom is -0.399 e. The Bertz CT molecular complexity index is 993. The Morgan fingerprint density at radius 2 is 1.43 bits per heavy atom. The van der Waals surface area contributed by atoms with Crippen molar-refractivity contribution in [2.45, 2.75) is 65.1 Å². The Morgan fingerprint density at radius 1 is 0.821 bits per heavy atom. The third kappa shape index (κ3) is 3.19. The maximum atomic E-state index is 6.21. The van der Waals surface area contributed by atoms with Crippen molar-refractivity contribution in [1.82, 2.24) is 4.57 Å². The quantitative estimate of drug-likeness (QED) is 0.573. The van der Waals surface area contributed by atoms with Crippen LogP contribution in [0.25, 0.3) is 16.6 Å². The average molecular weight is 375 g/mol. The predicted octanol–water partition coefficient (Wildman–Crippen LogP) is 5.23. The fourth-order valence-corrected chi connectivity index (χ4v) is 3.63. The first-order chi connectivity index (χ1) is 13.0. The van der Waals surface area contributed by atoms with Gasteiger partial charge in [-0.1, -0.05) is 45.0 Å². The molecule has 4 rings (SSSR count). The molecular weight excluding hydrogens is 345 g/mol. The van der Waals surface area contributed by atoms with Crippen molar-refractivity contribution >= 4 is 23.5 Å². The molecule has 0 saturated carbocycles. The maximum Gasteiger partial charge on any atom is 0.494 e. The van der Waals surface area contributed by atoms with Crippen LogP contribution in [-0.4, -0.2) is 22.9 Å². The fraction of sp³-hybridized carbons (Fsp3) is 0.417. The van der Waals surface area contributed by atoms with Gasteiger partial charge < -0.3 is 13.9 Å². The largest absolute Gasteiger partial charge is 0.494 e. The van der Waals surface area contributed by atoms with Crippen molar-refractivity contribution in [1.29, 1.82) is 0 Å². The smallest absolute Gasteiger partial charge is 0.399 e. The Balaban J connectivity index is 1.66. The van der Waals surface area contributed by atoms with E-state index in [0.29, 0.717) is 0 Å². The van der Waals surface area contributed by atoms with Gasteiger partial charge in [0.15, 0.2) is 0 Å². The number of hydrogen-bond acceptors (Lipinski definition) is 2. The molecule has 0 bridgehead atoms. The lowest BCUT2D eigenvalue weighted by Crippen LogP contribution is -2.41. The summed E-state index contributed by atoms with van der Waals surface area (Å²) in [6, 6.07) is 17.4. The maximum absolute atomic E-state index is 6.21. The Labute approximate surface area is 168 Å². The monoisotopic (exact) mass is 375 g/mol. The average Bonchev–Trinajstić information content (AvgIpc) is 3.11. The molecule has 0 radical (unpaired) electrons. The van der Waals surface area contributed by atoms with Gasteiger partial charge in [0.1, 0.15) is 0 Å². The summed E-state index contributed by atoms with van der Waals surface area (Å²) in [5.41, 5.74) is 4.27. The molecule has 3 aromatic rings. The van der Waals surface area contributed by atoms with Gasteiger partial charge in [0.05, 0.1) is 16.7 Å². The molecule has 0 N–H and O–H groups in total. The van der Waals surface area contributed by atoms with E-state index in [1.54, 1.807) is 0 Å². The van der Waals surface area contributed by atoms with E-state index in [9.17, 15) is 0 Å². The van der Waals surface area contributed by atoms with E-state index in [1.165, 1.54) is 22.2 Å². The van der Waals surface area contributed by atoms with Crippen molar-refractivity contribution in [3.05, 3.63) is 60.3 Å². The molecular formula is C24H30BNO2. The molecule has 1 saturated heterocycles. The Morgan fingerprint density at radius 3 is 2.00 bits per heavy atom. The summed E-state index contributed by atoms with van der Waals surface area (Å²) in [6.07, 6.45) is 2.13. The van der Waals surface area contributed by atoms with Crippen LogP contribution in [-0.2, 0) is 14.7 Å². The van der Waals surface area contributed by atoms with Crippen LogP contribution in [0.1, 0.15) is 54.0 Å². The fourth-order valence-electron chi connectivity index (χ4n) is 3.63. The van der Waals surface area contributed by atoms with Crippen molar-refractivity contribution in [3.8, 4) is 5.69 Å². The van der Waals surface area contributed by atoms with Crippen LogP contribution < -0.4 is 5.46 Å². The van der Waals surface area contributed by atoms with E-state index in [4.69, 9.17) is 9.31 Å². The van der Waals surface area contributed by atoms with Crippen LogP contribution in [0.2, 0.25) is 0 Å². The van der Waals surface area contributed by atoms with Crippen molar-refractivity contribution in [2.24, 2.45) is 0 Å². The van der Waals surface area contributed by atoms with Crippen molar-refractivity contribution in [3.63, 3.8) is 0 Å². The molecule has 1 aliphatic heterocycles. The standard InChI is InChI=1S/C24H30BNO2/c1-22(2,3)18-8-11-20(12-9-18)26-15-14-17-16-19(10-13-21(17)26)25-27-23(4,5)24(6,7)28-25/h8-16H,1-7H3. The molecule has 3 nitrogen and oxygen atoms in total. The number of fused-ring (bicyclic) bond motifs is 1. The van der Waals surface area contributed by atoms with Crippen LogP contribution in [0, 0.1) is 0 Å². The van der Waals surface area contributed by atoms with E-state index in [2.05, 4.69) is 108 Å². The van der Waals surface area contributed by atoms with Gasteiger partial charge in [-0.2, -0.15) is 0 Å². The highest BCUT2D eigenvalue weighted by atomic mass is 16.7. The SMILES string of the molecule is CC(C)(C)c1ccc(-n2ccc3cc(B4OC(C)(C)C(C)(C)O4)ccc32)cc1. The zero-order valence-corrected chi connectivity index (χ0v) is 18.0. The highest BCUT2D eigenvalue weighted by Gasteiger charge is 2.51. The zero-order valence-electron chi connectivity index (χ0n) is 18.0. The lowest BCUT2D eigenvalue weighted by molar-refractivity contribution is 0.00578.